The molecule has 1 fully saturated rings. The first kappa shape index (κ1) is 20.3. The molecule has 0 atom stereocenters. The summed E-state index contributed by atoms with van der Waals surface area (Å²) in [6, 6.07) is 17.2. The summed E-state index contributed by atoms with van der Waals surface area (Å²) in [5, 5.41) is 0.703. The normalized spacial score (nSPS) is 14.7. The summed E-state index contributed by atoms with van der Waals surface area (Å²) in [6.45, 7) is 6.51. The SMILES string of the molecule is Cc1cc(CN2CCN(c3ccc(C(N)=O)cc3)CC2)nc(-c2ccc(Cl)cc2)n1. The van der Waals surface area contributed by atoms with Gasteiger partial charge >= 0.3 is 0 Å². The van der Waals surface area contributed by atoms with Crippen molar-refractivity contribution in [3.8, 4) is 11.4 Å². The zero-order valence-electron chi connectivity index (χ0n) is 16.9. The van der Waals surface area contributed by atoms with Crippen LogP contribution in [0.2, 0.25) is 5.02 Å². The number of carbonyl (C=O) groups is 1. The summed E-state index contributed by atoms with van der Waals surface area (Å²) in [5.74, 6) is 0.333. The lowest BCUT2D eigenvalue weighted by Gasteiger charge is -2.36. The highest BCUT2D eigenvalue weighted by atomic mass is 35.5. The summed E-state index contributed by atoms with van der Waals surface area (Å²) >= 11 is 6.00. The first-order valence-corrected chi connectivity index (χ1v) is 10.3. The van der Waals surface area contributed by atoms with Gasteiger partial charge in [0.05, 0.1) is 5.69 Å². The maximum atomic E-state index is 11.2. The fourth-order valence-corrected chi connectivity index (χ4v) is 3.80. The Balaban J connectivity index is 1.40. The van der Waals surface area contributed by atoms with Crippen molar-refractivity contribution in [1.82, 2.24) is 14.9 Å². The van der Waals surface area contributed by atoms with E-state index in [1.54, 1.807) is 12.1 Å². The lowest BCUT2D eigenvalue weighted by atomic mass is 10.1. The summed E-state index contributed by atoms with van der Waals surface area (Å²) in [4.78, 5) is 25.3. The van der Waals surface area contributed by atoms with E-state index >= 15 is 0 Å². The van der Waals surface area contributed by atoms with Crippen molar-refractivity contribution < 1.29 is 4.79 Å². The number of hydrogen-bond acceptors (Lipinski definition) is 5. The van der Waals surface area contributed by atoms with Crippen molar-refractivity contribution in [2.24, 2.45) is 5.73 Å². The molecule has 1 saturated heterocycles. The second kappa shape index (κ2) is 8.81. The van der Waals surface area contributed by atoms with Gasteiger partial charge in [0.15, 0.2) is 5.82 Å². The van der Waals surface area contributed by atoms with Gasteiger partial charge in [-0.25, -0.2) is 9.97 Å². The molecule has 154 valence electrons. The van der Waals surface area contributed by atoms with Crippen LogP contribution in [-0.4, -0.2) is 47.0 Å². The van der Waals surface area contributed by atoms with Gasteiger partial charge < -0.3 is 10.6 Å². The maximum Gasteiger partial charge on any atom is 0.248 e. The van der Waals surface area contributed by atoms with E-state index in [-0.39, 0.29) is 0 Å². The average molecular weight is 422 g/mol. The van der Waals surface area contributed by atoms with E-state index in [9.17, 15) is 4.79 Å². The third-order valence-electron chi connectivity index (χ3n) is 5.28. The van der Waals surface area contributed by atoms with Crippen LogP contribution in [0.25, 0.3) is 11.4 Å². The van der Waals surface area contributed by atoms with Gasteiger partial charge in [0.25, 0.3) is 0 Å². The Morgan fingerprint density at radius 2 is 1.67 bits per heavy atom. The number of nitrogens with two attached hydrogens (primary N) is 1. The van der Waals surface area contributed by atoms with Gasteiger partial charge in [0.2, 0.25) is 5.91 Å². The predicted molar refractivity (Wildman–Crippen MR) is 120 cm³/mol. The molecule has 0 radical (unpaired) electrons. The average Bonchev–Trinajstić information content (AvgIpc) is 2.74. The number of piperazine rings is 1. The van der Waals surface area contributed by atoms with Crippen LogP contribution in [0.4, 0.5) is 5.69 Å². The molecular weight excluding hydrogens is 398 g/mol. The number of carbonyl (C=O) groups excluding carboxylic acids is 1. The Bertz CT molecular complexity index is 1030. The molecule has 2 aromatic carbocycles. The van der Waals surface area contributed by atoms with E-state index < -0.39 is 5.91 Å². The molecule has 1 aliphatic rings. The molecule has 0 aliphatic carbocycles. The molecule has 6 nitrogen and oxygen atoms in total. The Morgan fingerprint density at radius 1 is 1.00 bits per heavy atom. The highest BCUT2D eigenvalue weighted by Gasteiger charge is 2.18. The van der Waals surface area contributed by atoms with Crippen LogP contribution < -0.4 is 10.6 Å². The minimum atomic E-state index is -0.399. The standard InChI is InChI=1S/C23H24ClN5O/c1-16-14-20(27-23(26-16)18-2-6-19(24)7-3-18)15-28-10-12-29(13-11-28)21-8-4-17(5-9-21)22(25)30/h2-9,14H,10-13,15H2,1H3,(H2,25,30). The number of rotatable bonds is 5. The van der Waals surface area contributed by atoms with Crippen LogP contribution in [0.1, 0.15) is 21.7 Å². The summed E-state index contributed by atoms with van der Waals surface area (Å²) in [7, 11) is 0. The number of aromatic nitrogens is 2. The smallest absolute Gasteiger partial charge is 0.248 e. The molecule has 0 spiro atoms. The second-order valence-corrected chi connectivity index (χ2v) is 7.94. The monoisotopic (exact) mass is 421 g/mol. The summed E-state index contributed by atoms with van der Waals surface area (Å²) in [5.41, 5.74) is 9.91. The number of aryl methyl sites for hydroxylation is 1. The first-order chi connectivity index (χ1) is 14.5. The van der Waals surface area contributed by atoms with Gasteiger partial charge in [0.1, 0.15) is 0 Å². The molecular formula is C23H24ClN5O. The number of nitrogens with zero attached hydrogens (tertiary/aromatic N) is 4. The van der Waals surface area contributed by atoms with E-state index in [2.05, 4.69) is 14.8 Å². The number of amides is 1. The molecule has 0 bridgehead atoms. The summed E-state index contributed by atoms with van der Waals surface area (Å²) in [6.07, 6.45) is 0. The van der Waals surface area contributed by atoms with Crippen LogP contribution >= 0.6 is 11.6 Å². The molecule has 2 N–H and O–H groups in total. The van der Waals surface area contributed by atoms with Gasteiger partial charge in [-0.15, -0.1) is 0 Å². The maximum absolute atomic E-state index is 11.2. The molecule has 7 heteroatoms. The zero-order chi connectivity index (χ0) is 21.1. The van der Waals surface area contributed by atoms with Crippen molar-refractivity contribution in [3.05, 3.63) is 76.6 Å². The van der Waals surface area contributed by atoms with Crippen molar-refractivity contribution >= 4 is 23.2 Å². The molecule has 2 heterocycles. The largest absolute Gasteiger partial charge is 0.369 e. The van der Waals surface area contributed by atoms with Gasteiger partial charge in [0, 0.05) is 60.3 Å². The molecule has 1 amide bonds. The minimum absolute atomic E-state index is 0.399. The van der Waals surface area contributed by atoms with Crippen molar-refractivity contribution in [1.29, 1.82) is 0 Å². The number of benzene rings is 2. The highest BCUT2D eigenvalue weighted by Crippen LogP contribution is 2.21. The fraction of sp³-hybridized carbons (Fsp3) is 0.261. The number of halogens is 1. The quantitative estimate of drug-likeness (QED) is 0.682. The van der Waals surface area contributed by atoms with Gasteiger partial charge in [-0.05, 0) is 61.5 Å². The van der Waals surface area contributed by atoms with Crippen LogP contribution in [0.15, 0.2) is 54.6 Å². The lowest BCUT2D eigenvalue weighted by molar-refractivity contribution is 0.100. The van der Waals surface area contributed by atoms with Gasteiger partial charge in [-0.2, -0.15) is 0 Å². The number of primary amides is 1. The Hall–Kier alpha value is -2.96. The predicted octanol–water partition coefficient (Wildman–Crippen LogP) is 3.53. The fourth-order valence-electron chi connectivity index (χ4n) is 3.67. The second-order valence-electron chi connectivity index (χ2n) is 7.51. The van der Waals surface area contributed by atoms with E-state index in [0.717, 1.165) is 61.2 Å². The van der Waals surface area contributed by atoms with Gasteiger partial charge in [-0.1, -0.05) is 11.6 Å². The van der Waals surface area contributed by atoms with E-state index in [1.807, 2.05) is 49.4 Å². The number of hydrogen-bond donors (Lipinski definition) is 1. The van der Waals surface area contributed by atoms with Crippen LogP contribution in [0, 0.1) is 6.92 Å². The van der Waals surface area contributed by atoms with Crippen LogP contribution in [0.3, 0.4) is 0 Å². The van der Waals surface area contributed by atoms with E-state index in [0.29, 0.717) is 10.6 Å². The minimum Gasteiger partial charge on any atom is -0.369 e. The van der Waals surface area contributed by atoms with E-state index in [4.69, 9.17) is 22.3 Å². The molecule has 0 saturated carbocycles. The van der Waals surface area contributed by atoms with Crippen LogP contribution in [0.5, 0.6) is 0 Å². The molecule has 30 heavy (non-hydrogen) atoms. The Morgan fingerprint density at radius 3 is 2.30 bits per heavy atom. The molecule has 0 unspecified atom stereocenters. The van der Waals surface area contributed by atoms with Crippen LogP contribution in [-0.2, 0) is 6.54 Å². The molecule has 4 rings (SSSR count). The van der Waals surface area contributed by atoms with E-state index in [1.165, 1.54) is 0 Å². The number of anilines is 1. The Labute approximate surface area is 181 Å². The topological polar surface area (TPSA) is 75.3 Å². The van der Waals surface area contributed by atoms with Crippen molar-refractivity contribution in [2.45, 2.75) is 13.5 Å². The van der Waals surface area contributed by atoms with Gasteiger partial charge in [-0.3, -0.25) is 9.69 Å². The lowest BCUT2D eigenvalue weighted by Crippen LogP contribution is -2.46. The third kappa shape index (κ3) is 4.78. The molecule has 1 aromatic heterocycles. The summed E-state index contributed by atoms with van der Waals surface area (Å²) < 4.78 is 0. The Kier molecular flexibility index (Phi) is 5.97. The van der Waals surface area contributed by atoms with Crippen molar-refractivity contribution in [3.63, 3.8) is 0 Å². The first-order valence-electron chi connectivity index (χ1n) is 9.95. The molecule has 1 aliphatic heterocycles. The highest BCUT2D eigenvalue weighted by molar-refractivity contribution is 6.30. The third-order valence-corrected chi connectivity index (χ3v) is 5.54. The molecule has 3 aromatic rings. The zero-order valence-corrected chi connectivity index (χ0v) is 17.6. The van der Waals surface area contributed by atoms with Crippen molar-refractivity contribution in [2.75, 3.05) is 31.1 Å².